The molecule has 3 rings (SSSR count). The molecule has 0 amide bonds. The number of rotatable bonds is 6. The topological polar surface area (TPSA) is 68.2 Å². The van der Waals surface area contributed by atoms with Gasteiger partial charge in [-0.3, -0.25) is 0 Å². The van der Waals surface area contributed by atoms with Crippen LogP contribution in [0.2, 0.25) is 0 Å². The number of fused-ring (bicyclic) bond motifs is 1. The molecule has 0 unspecified atom stereocenters. The molecule has 150 valence electrons. The van der Waals surface area contributed by atoms with Crippen LogP contribution in [-0.4, -0.2) is 50.3 Å². The minimum absolute atomic E-state index is 0.566. The summed E-state index contributed by atoms with van der Waals surface area (Å²) < 4.78 is 16.1. The highest BCUT2D eigenvalue weighted by Crippen LogP contribution is 2.33. The van der Waals surface area contributed by atoms with E-state index in [0.29, 0.717) is 12.4 Å². The van der Waals surface area contributed by atoms with Crippen molar-refractivity contribution >= 4 is 5.96 Å². The first-order valence-electron chi connectivity index (χ1n) is 9.44. The van der Waals surface area contributed by atoms with E-state index in [0.717, 1.165) is 49.1 Å². The third kappa shape index (κ3) is 4.47. The zero-order valence-electron chi connectivity index (χ0n) is 17.0. The fourth-order valence-electron chi connectivity index (χ4n) is 3.32. The largest absolute Gasteiger partial charge is 0.493 e. The van der Waals surface area contributed by atoms with Crippen molar-refractivity contribution in [1.82, 2.24) is 15.2 Å². The normalized spacial score (nSPS) is 13.7. The lowest BCUT2D eigenvalue weighted by molar-refractivity contribution is 0.346. The molecule has 1 aliphatic heterocycles. The first kappa shape index (κ1) is 19.8. The van der Waals surface area contributed by atoms with E-state index < -0.39 is 0 Å². The van der Waals surface area contributed by atoms with Gasteiger partial charge in [-0.2, -0.15) is 0 Å². The fourth-order valence-corrected chi connectivity index (χ4v) is 3.32. The number of pyridine rings is 1. The molecule has 1 aromatic heterocycles. The number of benzene rings is 1. The molecule has 7 heteroatoms. The van der Waals surface area contributed by atoms with E-state index in [1.54, 1.807) is 27.5 Å². The number of ether oxygens (including phenoxy) is 3. The number of hydrogen-bond acceptors (Lipinski definition) is 5. The molecule has 1 aromatic carbocycles. The lowest BCUT2D eigenvalue weighted by Crippen LogP contribution is -2.44. The maximum Gasteiger partial charge on any atom is 0.213 e. The van der Waals surface area contributed by atoms with Gasteiger partial charge in [-0.05, 0) is 48.2 Å². The van der Waals surface area contributed by atoms with Crippen molar-refractivity contribution in [3.8, 4) is 17.4 Å². The number of nitrogens with one attached hydrogen (secondary N) is 1. The third-order valence-electron chi connectivity index (χ3n) is 4.77. The Labute approximate surface area is 166 Å². The van der Waals surface area contributed by atoms with Crippen LogP contribution >= 0.6 is 0 Å². The zero-order chi connectivity index (χ0) is 19.9. The first-order valence-corrected chi connectivity index (χ1v) is 9.44. The van der Waals surface area contributed by atoms with Crippen molar-refractivity contribution in [3.05, 3.63) is 47.2 Å². The Bertz CT molecular complexity index is 838. The van der Waals surface area contributed by atoms with Crippen LogP contribution in [0.4, 0.5) is 0 Å². The summed E-state index contributed by atoms with van der Waals surface area (Å²) >= 11 is 0. The van der Waals surface area contributed by atoms with Crippen molar-refractivity contribution in [3.63, 3.8) is 0 Å². The second-order valence-corrected chi connectivity index (χ2v) is 6.52. The summed E-state index contributed by atoms with van der Waals surface area (Å²) in [7, 11) is 4.96. The van der Waals surface area contributed by atoms with E-state index in [9.17, 15) is 0 Å². The molecule has 0 fully saturated rings. The van der Waals surface area contributed by atoms with Gasteiger partial charge in [0, 0.05) is 31.9 Å². The molecule has 1 aliphatic rings. The Kier molecular flexibility index (Phi) is 6.57. The van der Waals surface area contributed by atoms with Crippen LogP contribution in [-0.2, 0) is 19.5 Å². The molecular weight excluding hydrogens is 356 g/mol. The van der Waals surface area contributed by atoms with Crippen molar-refractivity contribution in [2.24, 2.45) is 4.99 Å². The maximum atomic E-state index is 5.47. The SMILES string of the molecule is CCNC(=NCc1ccnc(OC)c1)N1CCc2cc(OC)c(OC)cc2C1. The van der Waals surface area contributed by atoms with Gasteiger partial charge in [0.15, 0.2) is 17.5 Å². The minimum Gasteiger partial charge on any atom is -0.493 e. The number of nitrogens with zero attached hydrogens (tertiary/aromatic N) is 3. The molecular formula is C21H28N4O3. The first-order chi connectivity index (χ1) is 13.7. The van der Waals surface area contributed by atoms with Gasteiger partial charge in [0.2, 0.25) is 5.88 Å². The Morgan fingerprint density at radius 3 is 2.54 bits per heavy atom. The quantitative estimate of drug-likeness (QED) is 0.610. The molecule has 2 aromatic rings. The van der Waals surface area contributed by atoms with Crippen LogP contribution in [0.5, 0.6) is 17.4 Å². The lowest BCUT2D eigenvalue weighted by Gasteiger charge is -2.32. The molecule has 0 spiro atoms. The summed E-state index contributed by atoms with van der Waals surface area (Å²) in [6, 6.07) is 8.02. The van der Waals surface area contributed by atoms with E-state index >= 15 is 0 Å². The van der Waals surface area contributed by atoms with E-state index in [-0.39, 0.29) is 0 Å². The minimum atomic E-state index is 0.566. The highest BCUT2D eigenvalue weighted by atomic mass is 16.5. The van der Waals surface area contributed by atoms with Gasteiger partial charge in [-0.1, -0.05) is 0 Å². The van der Waals surface area contributed by atoms with Gasteiger partial charge >= 0.3 is 0 Å². The van der Waals surface area contributed by atoms with Gasteiger partial charge in [0.25, 0.3) is 0 Å². The highest BCUT2D eigenvalue weighted by Gasteiger charge is 2.21. The Morgan fingerprint density at radius 2 is 1.86 bits per heavy atom. The molecule has 0 saturated heterocycles. The summed E-state index contributed by atoms with van der Waals surface area (Å²) in [6.07, 6.45) is 2.68. The standard InChI is InChI=1S/C21H28N4O3/c1-5-22-21(24-13-15-6-8-23-20(10-15)28-4)25-9-7-16-11-18(26-2)19(27-3)12-17(16)14-25/h6,8,10-12H,5,7,9,13-14H2,1-4H3,(H,22,24). The van der Waals surface area contributed by atoms with Crippen LogP contribution < -0.4 is 19.5 Å². The second-order valence-electron chi connectivity index (χ2n) is 6.52. The van der Waals surface area contributed by atoms with Crippen molar-refractivity contribution in [2.75, 3.05) is 34.4 Å². The predicted molar refractivity (Wildman–Crippen MR) is 109 cm³/mol. The average molecular weight is 384 g/mol. The molecule has 0 radical (unpaired) electrons. The van der Waals surface area contributed by atoms with Gasteiger partial charge in [-0.15, -0.1) is 0 Å². The van der Waals surface area contributed by atoms with Crippen LogP contribution in [0.3, 0.4) is 0 Å². The zero-order valence-corrected chi connectivity index (χ0v) is 17.0. The van der Waals surface area contributed by atoms with Crippen molar-refractivity contribution < 1.29 is 14.2 Å². The smallest absolute Gasteiger partial charge is 0.213 e. The van der Waals surface area contributed by atoms with Crippen molar-refractivity contribution in [2.45, 2.75) is 26.4 Å². The van der Waals surface area contributed by atoms with Crippen LogP contribution in [0.25, 0.3) is 0 Å². The van der Waals surface area contributed by atoms with Gasteiger partial charge in [0.1, 0.15) is 0 Å². The van der Waals surface area contributed by atoms with Crippen LogP contribution in [0, 0.1) is 0 Å². The predicted octanol–water partition coefficient (Wildman–Crippen LogP) is 2.63. The third-order valence-corrected chi connectivity index (χ3v) is 4.77. The Hall–Kier alpha value is -2.96. The van der Waals surface area contributed by atoms with Gasteiger partial charge in [0.05, 0.1) is 27.9 Å². The summed E-state index contributed by atoms with van der Waals surface area (Å²) in [5.41, 5.74) is 3.59. The summed E-state index contributed by atoms with van der Waals surface area (Å²) in [6.45, 7) is 5.14. The number of aromatic nitrogens is 1. The maximum absolute atomic E-state index is 5.47. The molecule has 0 bridgehead atoms. The van der Waals surface area contributed by atoms with Crippen LogP contribution in [0.1, 0.15) is 23.6 Å². The second kappa shape index (κ2) is 9.30. The number of aliphatic imine (C=N–C) groups is 1. The Balaban J connectivity index is 1.79. The summed E-state index contributed by atoms with van der Waals surface area (Å²) in [4.78, 5) is 11.2. The van der Waals surface area contributed by atoms with Crippen LogP contribution in [0.15, 0.2) is 35.5 Å². The highest BCUT2D eigenvalue weighted by molar-refractivity contribution is 5.80. The van der Waals surface area contributed by atoms with E-state index in [2.05, 4.69) is 34.3 Å². The fraction of sp³-hybridized carbons (Fsp3) is 0.429. The lowest BCUT2D eigenvalue weighted by atomic mass is 9.99. The molecule has 0 atom stereocenters. The summed E-state index contributed by atoms with van der Waals surface area (Å²) in [5, 5.41) is 3.41. The average Bonchev–Trinajstić information content (AvgIpc) is 2.75. The molecule has 0 aliphatic carbocycles. The van der Waals surface area contributed by atoms with Crippen molar-refractivity contribution in [1.29, 1.82) is 0 Å². The van der Waals surface area contributed by atoms with E-state index in [1.165, 1.54) is 11.1 Å². The summed E-state index contributed by atoms with van der Waals surface area (Å²) in [5.74, 6) is 3.04. The van der Waals surface area contributed by atoms with E-state index in [4.69, 9.17) is 19.2 Å². The molecule has 7 nitrogen and oxygen atoms in total. The van der Waals surface area contributed by atoms with Gasteiger partial charge < -0.3 is 24.4 Å². The molecule has 0 saturated carbocycles. The molecule has 1 N–H and O–H groups in total. The molecule has 2 heterocycles. The van der Waals surface area contributed by atoms with E-state index in [1.807, 2.05) is 12.1 Å². The Morgan fingerprint density at radius 1 is 1.11 bits per heavy atom. The monoisotopic (exact) mass is 384 g/mol. The number of methoxy groups -OCH3 is 3. The van der Waals surface area contributed by atoms with Gasteiger partial charge in [-0.25, -0.2) is 9.98 Å². The number of hydrogen-bond donors (Lipinski definition) is 1. The molecule has 28 heavy (non-hydrogen) atoms. The number of guanidine groups is 1.